The summed E-state index contributed by atoms with van der Waals surface area (Å²) in [6.45, 7) is 8.09. The Kier molecular flexibility index (Phi) is 4.63. The molecule has 0 saturated heterocycles. The molecule has 0 aliphatic heterocycles. The molecule has 0 bridgehead atoms. The predicted molar refractivity (Wildman–Crippen MR) is 76.8 cm³/mol. The van der Waals surface area contributed by atoms with Gasteiger partial charge in [-0.25, -0.2) is 4.98 Å². The highest BCUT2D eigenvalue weighted by atomic mass is 16.5. The first-order chi connectivity index (χ1) is 9.13. The average molecular weight is 265 g/mol. The minimum Gasteiger partial charge on any atom is -0.373 e. The second kappa shape index (κ2) is 6.06. The second-order valence-electron chi connectivity index (χ2n) is 5.75. The van der Waals surface area contributed by atoms with Gasteiger partial charge in [0.1, 0.15) is 5.82 Å². The van der Waals surface area contributed by atoms with Gasteiger partial charge >= 0.3 is 0 Å². The highest BCUT2D eigenvalue weighted by Gasteiger charge is 2.43. The average Bonchev–Trinajstić information content (AvgIpc) is 2.86. The summed E-state index contributed by atoms with van der Waals surface area (Å²) in [6, 6.07) is -0.134. The van der Waals surface area contributed by atoms with Crippen LogP contribution >= 0.6 is 0 Å². The molecule has 4 heteroatoms. The van der Waals surface area contributed by atoms with E-state index in [1.165, 1.54) is 12.8 Å². The lowest BCUT2D eigenvalue weighted by molar-refractivity contribution is -0.0959. The van der Waals surface area contributed by atoms with Crippen LogP contribution in [0.4, 0.5) is 0 Å². The highest BCUT2D eigenvalue weighted by molar-refractivity contribution is 5.08. The first-order valence-corrected chi connectivity index (χ1v) is 7.53. The number of hydrogen-bond donors (Lipinski definition) is 1. The lowest BCUT2D eigenvalue weighted by Gasteiger charge is -2.43. The molecule has 0 aromatic carbocycles. The van der Waals surface area contributed by atoms with E-state index in [2.05, 4.69) is 30.3 Å². The molecule has 2 rings (SSSR count). The maximum atomic E-state index is 6.57. The molecular weight excluding hydrogens is 238 g/mol. The summed E-state index contributed by atoms with van der Waals surface area (Å²) >= 11 is 0. The molecule has 2 N–H and O–H groups in total. The van der Waals surface area contributed by atoms with Crippen molar-refractivity contribution >= 4 is 0 Å². The topological polar surface area (TPSA) is 53.1 Å². The Morgan fingerprint density at radius 2 is 2.37 bits per heavy atom. The fourth-order valence-electron chi connectivity index (χ4n) is 3.44. The zero-order valence-corrected chi connectivity index (χ0v) is 12.4. The molecule has 1 aromatic heterocycles. The summed E-state index contributed by atoms with van der Waals surface area (Å²) in [7, 11) is 0. The van der Waals surface area contributed by atoms with Crippen LogP contribution in [0.1, 0.15) is 58.3 Å². The molecule has 4 nitrogen and oxygen atoms in total. The van der Waals surface area contributed by atoms with Gasteiger partial charge in [0, 0.05) is 25.5 Å². The third-order valence-electron chi connectivity index (χ3n) is 4.36. The molecule has 1 aliphatic carbocycles. The summed E-state index contributed by atoms with van der Waals surface area (Å²) in [4.78, 5) is 4.47. The molecule has 108 valence electrons. The number of nitrogens with two attached hydrogens (primary N) is 1. The van der Waals surface area contributed by atoms with Gasteiger partial charge < -0.3 is 15.0 Å². The van der Waals surface area contributed by atoms with E-state index >= 15 is 0 Å². The molecule has 1 saturated carbocycles. The van der Waals surface area contributed by atoms with E-state index in [1.807, 2.05) is 12.4 Å². The predicted octanol–water partition coefficient (Wildman–Crippen LogP) is 2.89. The largest absolute Gasteiger partial charge is 0.373 e. The number of nitrogens with zero attached hydrogens (tertiary/aromatic N) is 2. The SMILES string of the molecule is CCOC1(C(N)c2nccn2CC)CCCC(C)C1. The van der Waals surface area contributed by atoms with Crippen molar-refractivity contribution in [1.29, 1.82) is 0 Å². The van der Waals surface area contributed by atoms with Crippen molar-refractivity contribution in [2.45, 2.75) is 64.6 Å². The molecule has 3 unspecified atom stereocenters. The van der Waals surface area contributed by atoms with E-state index in [4.69, 9.17) is 10.5 Å². The molecule has 3 atom stereocenters. The van der Waals surface area contributed by atoms with E-state index in [9.17, 15) is 0 Å². The zero-order chi connectivity index (χ0) is 13.9. The Morgan fingerprint density at radius 1 is 1.58 bits per heavy atom. The number of aryl methyl sites for hydroxylation is 1. The molecule has 1 fully saturated rings. The fourth-order valence-corrected chi connectivity index (χ4v) is 3.44. The molecule has 0 spiro atoms. The second-order valence-corrected chi connectivity index (χ2v) is 5.75. The molecule has 0 radical (unpaired) electrons. The van der Waals surface area contributed by atoms with Crippen LogP contribution in [0.3, 0.4) is 0 Å². The first-order valence-electron chi connectivity index (χ1n) is 7.53. The van der Waals surface area contributed by atoms with Gasteiger partial charge in [-0.2, -0.15) is 0 Å². The van der Waals surface area contributed by atoms with E-state index in [0.717, 1.165) is 25.2 Å². The van der Waals surface area contributed by atoms with Gasteiger partial charge in [-0.1, -0.05) is 19.8 Å². The van der Waals surface area contributed by atoms with Crippen molar-refractivity contribution in [3.05, 3.63) is 18.2 Å². The minimum absolute atomic E-state index is 0.134. The van der Waals surface area contributed by atoms with E-state index < -0.39 is 0 Å². The van der Waals surface area contributed by atoms with Crippen LogP contribution in [0, 0.1) is 5.92 Å². The summed E-state index contributed by atoms with van der Waals surface area (Å²) in [6.07, 6.45) is 8.40. The van der Waals surface area contributed by atoms with Gasteiger partial charge in [0.2, 0.25) is 0 Å². The normalized spacial score (nSPS) is 29.4. The van der Waals surface area contributed by atoms with E-state index in [-0.39, 0.29) is 11.6 Å². The summed E-state index contributed by atoms with van der Waals surface area (Å²) in [5.74, 6) is 1.64. The number of imidazole rings is 1. The van der Waals surface area contributed by atoms with Crippen molar-refractivity contribution in [3.63, 3.8) is 0 Å². The van der Waals surface area contributed by atoms with E-state index in [0.29, 0.717) is 12.5 Å². The standard InChI is InChI=1S/C15H27N3O/c1-4-18-10-9-17-14(18)13(16)15(19-5-2)8-6-7-12(3)11-15/h9-10,12-13H,4-8,11,16H2,1-3H3. The smallest absolute Gasteiger partial charge is 0.128 e. The Morgan fingerprint density at radius 3 is 3.00 bits per heavy atom. The maximum Gasteiger partial charge on any atom is 0.128 e. The monoisotopic (exact) mass is 265 g/mol. The summed E-state index contributed by atoms with van der Waals surface area (Å²) < 4.78 is 8.28. The Balaban J connectivity index is 2.27. The third kappa shape index (κ3) is 2.84. The third-order valence-corrected chi connectivity index (χ3v) is 4.36. The van der Waals surface area contributed by atoms with Crippen molar-refractivity contribution in [1.82, 2.24) is 9.55 Å². The van der Waals surface area contributed by atoms with Gasteiger partial charge in [-0.05, 0) is 32.6 Å². The van der Waals surface area contributed by atoms with Crippen LogP contribution in [0.15, 0.2) is 12.4 Å². The van der Waals surface area contributed by atoms with Crippen molar-refractivity contribution in [2.75, 3.05) is 6.61 Å². The van der Waals surface area contributed by atoms with Crippen molar-refractivity contribution in [2.24, 2.45) is 11.7 Å². The van der Waals surface area contributed by atoms with Crippen LogP contribution in [0.5, 0.6) is 0 Å². The summed E-state index contributed by atoms with van der Waals surface area (Å²) in [5, 5.41) is 0. The van der Waals surface area contributed by atoms with Crippen molar-refractivity contribution < 1.29 is 4.74 Å². The van der Waals surface area contributed by atoms with Crippen molar-refractivity contribution in [3.8, 4) is 0 Å². The first kappa shape index (κ1) is 14.5. The Hall–Kier alpha value is -0.870. The van der Waals surface area contributed by atoms with Gasteiger partial charge in [0.25, 0.3) is 0 Å². The van der Waals surface area contributed by atoms with Gasteiger partial charge in [0.15, 0.2) is 0 Å². The van der Waals surface area contributed by atoms with Crippen LogP contribution in [0.2, 0.25) is 0 Å². The maximum absolute atomic E-state index is 6.57. The highest BCUT2D eigenvalue weighted by Crippen LogP contribution is 2.42. The Bertz CT molecular complexity index is 400. The van der Waals surface area contributed by atoms with Crippen LogP contribution in [0.25, 0.3) is 0 Å². The lowest BCUT2D eigenvalue weighted by Crippen LogP contribution is -2.48. The number of rotatable bonds is 5. The molecule has 1 heterocycles. The van der Waals surface area contributed by atoms with E-state index in [1.54, 1.807) is 0 Å². The lowest BCUT2D eigenvalue weighted by atomic mass is 9.74. The summed E-state index contributed by atoms with van der Waals surface area (Å²) in [5.41, 5.74) is 6.33. The van der Waals surface area contributed by atoms with Crippen LogP contribution in [-0.2, 0) is 11.3 Å². The minimum atomic E-state index is -0.231. The fraction of sp³-hybridized carbons (Fsp3) is 0.800. The molecule has 1 aliphatic rings. The molecule has 1 aromatic rings. The van der Waals surface area contributed by atoms with Crippen LogP contribution < -0.4 is 5.73 Å². The number of hydrogen-bond acceptors (Lipinski definition) is 3. The number of aromatic nitrogens is 2. The molecule has 0 amide bonds. The van der Waals surface area contributed by atoms with Gasteiger partial charge in [-0.3, -0.25) is 0 Å². The molecular formula is C15H27N3O. The van der Waals surface area contributed by atoms with Crippen LogP contribution in [-0.4, -0.2) is 21.8 Å². The van der Waals surface area contributed by atoms with Gasteiger partial charge in [-0.15, -0.1) is 0 Å². The van der Waals surface area contributed by atoms with Gasteiger partial charge in [0.05, 0.1) is 11.6 Å². The zero-order valence-electron chi connectivity index (χ0n) is 12.4. The number of ether oxygens (including phenoxy) is 1. The quantitative estimate of drug-likeness (QED) is 0.890. The Labute approximate surface area is 116 Å². The molecule has 19 heavy (non-hydrogen) atoms.